The van der Waals surface area contributed by atoms with Gasteiger partial charge in [-0.15, -0.1) is 11.8 Å². The zero-order chi connectivity index (χ0) is 13.8. The number of nitrogens with zero attached hydrogens (tertiary/aromatic N) is 1. The first-order valence-electron chi connectivity index (χ1n) is 6.09. The fourth-order valence-electron chi connectivity index (χ4n) is 1.91. The summed E-state index contributed by atoms with van der Waals surface area (Å²) in [5, 5.41) is 1.04. The van der Waals surface area contributed by atoms with Gasteiger partial charge in [-0.2, -0.15) is 0 Å². The van der Waals surface area contributed by atoms with Gasteiger partial charge in [0.1, 0.15) is 5.75 Å². The molecule has 2 rings (SSSR count). The minimum atomic E-state index is 0.718. The van der Waals surface area contributed by atoms with Gasteiger partial charge >= 0.3 is 0 Å². The molecule has 0 spiro atoms. The second-order valence-corrected chi connectivity index (χ2v) is 5.48. The number of aromatic nitrogens is 1. The summed E-state index contributed by atoms with van der Waals surface area (Å²) < 4.78 is 5.35. The summed E-state index contributed by atoms with van der Waals surface area (Å²) >= 11 is 1.71. The third kappa shape index (κ3) is 3.64. The minimum absolute atomic E-state index is 0.718. The van der Waals surface area contributed by atoms with Gasteiger partial charge in [-0.25, -0.2) is 4.98 Å². The van der Waals surface area contributed by atoms with Crippen molar-refractivity contribution in [2.24, 2.45) is 0 Å². The van der Waals surface area contributed by atoms with Crippen LogP contribution >= 0.6 is 11.8 Å². The van der Waals surface area contributed by atoms with Crippen LogP contribution in [0.1, 0.15) is 16.8 Å². The van der Waals surface area contributed by atoms with Crippen molar-refractivity contribution in [3.8, 4) is 5.75 Å². The first kappa shape index (κ1) is 13.7. The maximum atomic E-state index is 5.75. The quantitative estimate of drug-likeness (QED) is 0.684. The highest BCUT2D eigenvalue weighted by molar-refractivity contribution is 7.98. The number of hydrogen-bond acceptors (Lipinski definition) is 4. The normalized spacial score (nSPS) is 10.5. The Morgan fingerprint density at radius 2 is 2.00 bits per heavy atom. The Labute approximate surface area is 118 Å². The molecule has 0 aliphatic heterocycles. The molecular formula is C15H18N2OS. The van der Waals surface area contributed by atoms with Crippen molar-refractivity contribution < 1.29 is 4.74 Å². The number of hydrogen-bond donors (Lipinski definition) is 1. The summed E-state index contributed by atoms with van der Waals surface area (Å²) in [6.07, 6.45) is 0. The molecule has 100 valence electrons. The van der Waals surface area contributed by atoms with E-state index >= 15 is 0 Å². The van der Waals surface area contributed by atoms with Gasteiger partial charge in [-0.3, -0.25) is 0 Å². The predicted molar refractivity (Wildman–Crippen MR) is 80.7 cm³/mol. The molecule has 0 saturated heterocycles. The van der Waals surface area contributed by atoms with Crippen LogP contribution in [0.15, 0.2) is 35.4 Å². The highest BCUT2D eigenvalue weighted by Gasteiger charge is 2.05. The molecular weight excluding hydrogens is 256 g/mol. The van der Waals surface area contributed by atoms with Crippen LogP contribution in [-0.4, -0.2) is 12.1 Å². The van der Waals surface area contributed by atoms with E-state index in [1.54, 1.807) is 18.9 Å². The number of ether oxygens (including phenoxy) is 1. The average Bonchev–Trinajstić information content (AvgIpc) is 2.36. The molecule has 2 N–H and O–H groups in total. The molecule has 0 atom stereocenters. The van der Waals surface area contributed by atoms with Crippen molar-refractivity contribution in [3.63, 3.8) is 0 Å². The molecule has 0 radical (unpaired) electrons. The maximum absolute atomic E-state index is 5.75. The van der Waals surface area contributed by atoms with Crippen molar-refractivity contribution in [2.45, 2.75) is 24.6 Å². The number of thioether (sulfide) groups is 1. The Morgan fingerprint density at radius 3 is 2.68 bits per heavy atom. The molecule has 1 heterocycles. The lowest BCUT2D eigenvalue weighted by molar-refractivity contribution is 0.411. The lowest BCUT2D eigenvalue weighted by atomic mass is 10.2. The number of anilines is 1. The Bertz CT molecular complexity index is 564. The highest BCUT2D eigenvalue weighted by atomic mass is 32.2. The van der Waals surface area contributed by atoms with E-state index in [1.165, 1.54) is 5.56 Å². The highest BCUT2D eigenvalue weighted by Crippen LogP contribution is 2.29. The van der Waals surface area contributed by atoms with Crippen molar-refractivity contribution in [1.29, 1.82) is 0 Å². The molecule has 1 aromatic heterocycles. The number of nitrogens with two attached hydrogens (primary N) is 1. The molecule has 0 unspecified atom stereocenters. The van der Waals surface area contributed by atoms with Crippen LogP contribution in [-0.2, 0) is 5.75 Å². The van der Waals surface area contributed by atoms with E-state index < -0.39 is 0 Å². The number of benzene rings is 1. The molecule has 0 aliphatic carbocycles. The van der Waals surface area contributed by atoms with Crippen LogP contribution in [0.3, 0.4) is 0 Å². The monoisotopic (exact) mass is 274 g/mol. The standard InChI is InChI=1S/C15H18N2OS/c1-10-6-11(2)17-15(7-10)19-9-12-4-5-13(16)8-14(12)18-3/h4-8H,9,16H2,1-3H3. The number of pyridine rings is 1. The Morgan fingerprint density at radius 1 is 1.21 bits per heavy atom. The van der Waals surface area contributed by atoms with Crippen molar-refractivity contribution >= 4 is 17.4 Å². The topological polar surface area (TPSA) is 48.1 Å². The van der Waals surface area contributed by atoms with E-state index in [2.05, 4.69) is 24.0 Å². The molecule has 2 aromatic rings. The molecule has 1 aromatic carbocycles. The molecule has 0 saturated carbocycles. The van der Waals surface area contributed by atoms with E-state index in [0.717, 1.165) is 33.5 Å². The van der Waals surface area contributed by atoms with Gasteiger partial charge in [0, 0.05) is 28.8 Å². The van der Waals surface area contributed by atoms with Gasteiger partial charge in [0.05, 0.1) is 12.1 Å². The van der Waals surface area contributed by atoms with E-state index in [0.29, 0.717) is 0 Å². The molecule has 0 bridgehead atoms. The van der Waals surface area contributed by atoms with E-state index in [9.17, 15) is 0 Å². The summed E-state index contributed by atoms with van der Waals surface area (Å²) in [6.45, 7) is 4.10. The lowest BCUT2D eigenvalue weighted by Crippen LogP contribution is -1.94. The van der Waals surface area contributed by atoms with Gasteiger partial charge in [-0.05, 0) is 37.6 Å². The minimum Gasteiger partial charge on any atom is -0.496 e. The molecule has 0 fully saturated rings. The predicted octanol–water partition coefficient (Wildman–Crippen LogP) is 3.58. The first-order chi connectivity index (χ1) is 9.08. The smallest absolute Gasteiger partial charge is 0.124 e. The third-order valence-electron chi connectivity index (χ3n) is 2.76. The summed E-state index contributed by atoms with van der Waals surface area (Å²) in [5.74, 6) is 1.65. The average molecular weight is 274 g/mol. The largest absolute Gasteiger partial charge is 0.496 e. The Balaban J connectivity index is 2.14. The van der Waals surface area contributed by atoms with Crippen LogP contribution in [0, 0.1) is 13.8 Å². The summed E-state index contributed by atoms with van der Waals surface area (Å²) in [4.78, 5) is 4.52. The Kier molecular flexibility index (Phi) is 4.32. The number of aryl methyl sites for hydroxylation is 2. The molecule has 4 heteroatoms. The molecule has 19 heavy (non-hydrogen) atoms. The second-order valence-electron chi connectivity index (χ2n) is 4.48. The number of nitrogen functional groups attached to an aromatic ring is 1. The maximum Gasteiger partial charge on any atom is 0.124 e. The zero-order valence-electron chi connectivity index (χ0n) is 11.4. The zero-order valence-corrected chi connectivity index (χ0v) is 12.3. The lowest BCUT2D eigenvalue weighted by Gasteiger charge is -2.09. The van der Waals surface area contributed by atoms with E-state index in [1.807, 2.05) is 25.1 Å². The third-order valence-corrected chi connectivity index (χ3v) is 3.72. The second kappa shape index (κ2) is 5.97. The summed E-state index contributed by atoms with van der Waals surface area (Å²) in [6, 6.07) is 9.93. The van der Waals surface area contributed by atoms with Gasteiger partial charge in [0.25, 0.3) is 0 Å². The van der Waals surface area contributed by atoms with Crippen molar-refractivity contribution in [1.82, 2.24) is 4.98 Å². The molecule has 0 aliphatic rings. The van der Waals surface area contributed by atoms with Gasteiger partial charge in [0.15, 0.2) is 0 Å². The SMILES string of the molecule is COc1cc(N)ccc1CSc1cc(C)cc(C)n1. The van der Waals surface area contributed by atoms with Crippen LogP contribution in [0.4, 0.5) is 5.69 Å². The fraction of sp³-hybridized carbons (Fsp3) is 0.267. The van der Waals surface area contributed by atoms with Crippen LogP contribution < -0.4 is 10.5 Å². The fourth-order valence-corrected chi connectivity index (χ4v) is 2.93. The summed E-state index contributed by atoms with van der Waals surface area (Å²) in [5.41, 5.74) is 9.88. The van der Waals surface area contributed by atoms with Crippen molar-refractivity contribution in [2.75, 3.05) is 12.8 Å². The van der Waals surface area contributed by atoms with Gasteiger partial charge in [0.2, 0.25) is 0 Å². The van der Waals surface area contributed by atoms with Gasteiger partial charge < -0.3 is 10.5 Å². The van der Waals surface area contributed by atoms with Crippen molar-refractivity contribution in [3.05, 3.63) is 47.2 Å². The number of rotatable bonds is 4. The van der Waals surface area contributed by atoms with E-state index in [-0.39, 0.29) is 0 Å². The first-order valence-corrected chi connectivity index (χ1v) is 7.07. The molecule has 3 nitrogen and oxygen atoms in total. The summed E-state index contributed by atoms with van der Waals surface area (Å²) in [7, 11) is 1.66. The van der Waals surface area contributed by atoms with E-state index in [4.69, 9.17) is 10.5 Å². The van der Waals surface area contributed by atoms with Crippen LogP contribution in [0.25, 0.3) is 0 Å². The van der Waals surface area contributed by atoms with Gasteiger partial charge in [-0.1, -0.05) is 6.07 Å². The van der Waals surface area contributed by atoms with Crippen LogP contribution in [0.5, 0.6) is 5.75 Å². The van der Waals surface area contributed by atoms with Crippen LogP contribution in [0.2, 0.25) is 0 Å². The molecule has 0 amide bonds. The number of methoxy groups -OCH3 is 1. The Hall–Kier alpha value is -1.68.